The highest BCUT2D eigenvalue weighted by Crippen LogP contribution is 2.27. The Morgan fingerprint density at radius 3 is 2.71 bits per heavy atom. The molecule has 0 bridgehead atoms. The van der Waals surface area contributed by atoms with Gasteiger partial charge in [-0.25, -0.2) is 4.79 Å². The maximum absolute atomic E-state index is 11.1. The number of carbonyl (C=O) groups excluding carboxylic acids is 1. The van der Waals surface area contributed by atoms with Crippen molar-refractivity contribution in [2.45, 2.75) is 13.0 Å². The fourth-order valence-electron chi connectivity index (χ4n) is 1.94. The molecule has 0 fully saturated rings. The lowest BCUT2D eigenvalue weighted by Gasteiger charge is -2.11. The molecule has 3 aromatic rings. The van der Waals surface area contributed by atoms with Gasteiger partial charge in [0.25, 0.3) is 11.8 Å². The predicted molar refractivity (Wildman–Crippen MR) is 89.1 cm³/mol. The first-order valence-electron chi connectivity index (χ1n) is 7.14. The number of methoxy groups -OCH3 is 1. The van der Waals surface area contributed by atoms with Crippen LogP contribution in [0.5, 0.6) is 5.75 Å². The van der Waals surface area contributed by atoms with Crippen molar-refractivity contribution in [3.63, 3.8) is 0 Å². The van der Waals surface area contributed by atoms with Gasteiger partial charge in [-0.05, 0) is 42.6 Å². The Morgan fingerprint density at radius 1 is 1.25 bits per heavy atom. The smallest absolute Gasteiger partial charge is 0.411 e. The molecule has 1 N–H and O–H groups in total. The van der Waals surface area contributed by atoms with Crippen LogP contribution in [0.1, 0.15) is 18.9 Å². The summed E-state index contributed by atoms with van der Waals surface area (Å²) in [4.78, 5) is 12.1. The number of rotatable bonds is 5. The van der Waals surface area contributed by atoms with Crippen molar-refractivity contribution >= 4 is 23.1 Å². The third-order valence-corrected chi connectivity index (χ3v) is 3.98. The van der Waals surface area contributed by atoms with Crippen LogP contribution in [0.4, 0.5) is 10.5 Å². The average molecular weight is 345 g/mol. The molecule has 1 amide bonds. The molecule has 0 saturated carbocycles. The van der Waals surface area contributed by atoms with E-state index in [2.05, 4.69) is 20.3 Å². The van der Waals surface area contributed by atoms with E-state index in [4.69, 9.17) is 9.15 Å². The molecule has 1 atom stereocenters. The predicted octanol–water partition coefficient (Wildman–Crippen LogP) is 4.12. The molecule has 8 heteroatoms. The topological polar surface area (TPSA) is 86.5 Å². The number of ether oxygens (including phenoxy) is 2. The Balaban J connectivity index is 1.64. The van der Waals surface area contributed by atoms with Crippen LogP contribution in [0.15, 0.2) is 46.2 Å². The normalized spacial score (nSPS) is 11.8. The lowest BCUT2D eigenvalue weighted by molar-refractivity contribution is 0.186. The number of hydrogen-bond donors (Lipinski definition) is 1. The van der Waals surface area contributed by atoms with E-state index in [0.29, 0.717) is 23.2 Å². The first kappa shape index (κ1) is 16.0. The minimum Gasteiger partial charge on any atom is -0.481 e. The number of anilines is 1. The van der Waals surface area contributed by atoms with Crippen LogP contribution in [-0.2, 0) is 4.74 Å². The number of benzene rings is 1. The summed E-state index contributed by atoms with van der Waals surface area (Å²) < 4.78 is 16.0. The van der Waals surface area contributed by atoms with Crippen LogP contribution < -0.4 is 10.1 Å². The summed E-state index contributed by atoms with van der Waals surface area (Å²) in [5, 5.41) is 12.6. The third kappa shape index (κ3) is 3.72. The highest BCUT2D eigenvalue weighted by atomic mass is 32.1. The lowest BCUT2D eigenvalue weighted by Crippen LogP contribution is -2.10. The summed E-state index contributed by atoms with van der Waals surface area (Å²) in [5.41, 5.74) is 0.611. The summed E-state index contributed by atoms with van der Waals surface area (Å²) in [6, 6.07) is 10.7. The highest BCUT2D eigenvalue weighted by molar-refractivity contribution is 7.13. The second-order valence-corrected chi connectivity index (χ2v) is 5.77. The number of aromatic nitrogens is 2. The molecule has 2 aromatic heterocycles. The minimum absolute atomic E-state index is 0.398. The second-order valence-electron chi connectivity index (χ2n) is 4.82. The zero-order chi connectivity index (χ0) is 16.9. The van der Waals surface area contributed by atoms with Crippen LogP contribution in [0.3, 0.4) is 0 Å². The third-order valence-electron chi connectivity index (χ3n) is 3.12. The molecule has 0 aliphatic heterocycles. The zero-order valence-electron chi connectivity index (χ0n) is 13.1. The number of nitrogens with one attached hydrogen (secondary N) is 1. The van der Waals surface area contributed by atoms with Gasteiger partial charge in [-0.1, -0.05) is 6.07 Å². The largest absolute Gasteiger partial charge is 0.481 e. The molecule has 1 aromatic carbocycles. The van der Waals surface area contributed by atoms with Gasteiger partial charge in [-0.3, -0.25) is 5.32 Å². The lowest BCUT2D eigenvalue weighted by atomic mass is 10.3. The van der Waals surface area contributed by atoms with Gasteiger partial charge in [0.1, 0.15) is 5.75 Å². The van der Waals surface area contributed by atoms with Crippen molar-refractivity contribution in [2.75, 3.05) is 12.4 Å². The van der Waals surface area contributed by atoms with Gasteiger partial charge < -0.3 is 13.9 Å². The monoisotopic (exact) mass is 345 g/mol. The van der Waals surface area contributed by atoms with Gasteiger partial charge in [0.2, 0.25) is 0 Å². The van der Waals surface area contributed by atoms with Crippen LogP contribution in [0.2, 0.25) is 0 Å². The maximum atomic E-state index is 11.1. The van der Waals surface area contributed by atoms with E-state index in [1.807, 2.05) is 24.4 Å². The standard InChI is InChI=1S/C16H15N3O4S/c1-10(14-18-19-15(23-14)13-4-3-9-24-13)22-12-7-5-11(6-8-12)17-16(20)21-2/h3-10H,1-2H3,(H,17,20)/t10-/m0/s1. The molecule has 0 spiro atoms. The van der Waals surface area contributed by atoms with Crippen molar-refractivity contribution in [3.05, 3.63) is 47.7 Å². The Hall–Kier alpha value is -2.87. The average Bonchev–Trinajstić information content (AvgIpc) is 3.27. The van der Waals surface area contributed by atoms with E-state index in [0.717, 1.165) is 4.88 Å². The van der Waals surface area contributed by atoms with Gasteiger partial charge in [-0.15, -0.1) is 21.5 Å². The van der Waals surface area contributed by atoms with E-state index < -0.39 is 12.2 Å². The molecule has 0 aliphatic carbocycles. The summed E-state index contributed by atoms with van der Waals surface area (Å²) in [5.74, 6) is 1.50. The Labute approximate surface area is 142 Å². The van der Waals surface area contributed by atoms with E-state index >= 15 is 0 Å². The molecule has 3 rings (SSSR count). The van der Waals surface area contributed by atoms with Gasteiger partial charge >= 0.3 is 6.09 Å². The van der Waals surface area contributed by atoms with Gasteiger partial charge in [0.05, 0.1) is 12.0 Å². The van der Waals surface area contributed by atoms with E-state index in [1.165, 1.54) is 18.4 Å². The molecular formula is C16H15N3O4S. The fourth-order valence-corrected chi connectivity index (χ4v) is 2.58. The Bertz CT molecular complexity index is 799. The van der Waals surface area contributed by atoms with Crippen molar-refractivity contribution in [1.82, 2.24) is 10.2 Å². The number of carbonyl (C=O) groups is 1. The Kier molecular flexibility index (Phi) is 4.76. The first-order chi connectivity index (χ1) is 11.7. The van der Waals surface area contributed by atoms with Crippen LogP contribution in [0, 0.1) is 0 Å². The highest BCUT2D eigenvalue weighted by Gasteiger charge is 2.17. The van der Waals surface area contributed by atoms with Crippen molar-refractivity contribution in [1.29, 1.82) is 0 Å². The summed E-state index contributed by atoms with van der Waals surface area (Å²) >= 11 is 1.53. The van der Waals surface area contributed by atoms with E-state index in [-0.39, 0.29) is 0 Å². The molecule has 124 valence electrons. The number of hydrogen-bond acceptors (Lipinski definition) is 7. The maximum Gasteiger partial charge on any atom is 0.411 e. The summed E-state index contributed by atoms with van der Waals surface area (Å²) in [7, 11) is 1.31. The van der Waals surface area contributed by atoms with E-state index in [1.54, 1.807) is 24.3 Å². The molecule has 2 heterocycles. The zero-order valence-corrected chi connectivity index (χ0v) is 13.9. The van der Waals surface area contributed by atoms with Gasteiger partial charge in [0.15, 0.2) is 6.10 Å². The number of thiophene rings is 1. The quantitative estimate of drug-likeness (QED) is 0.748. The number of amides is 1. The molecule has 0 saturated heterocycles. The van der Waals surface area contributed by atoms with Crippen molar-refractivity contribution in [2.24, 2.45) is 0 Å². The van der Waals surface area contributed by atoms with Gasteiger partial charge in [0, 0.05) is 5.69 Å². The van der Waals surface area contributed by atoms with E-state index in [9.17, 15) is 4.79 Å². The van der Waals surface area contributed by atoms with Crippen molar-refractivity contribution < 1.29 is 18.7 Å². The molecular weight excluding hydrogens is 330 g/mol. The SMILES string of the molecule is COC(=O)Nc1ccc(O[C@@H](C)c2nnc(-c3cccs3)o2)cc1. The van der Waals surface area contributed by atoms with Crippen molar-refractivity contribution in [3.8, 4) is 16.5 Å². The van der Waals surface area contributed by atoms with Gasteiger partial charge in [-0.2, -0.15) is 0 Å². The number of nitrogens with zero attached hydrogens (tertiary/aromatic N) is 2. The van der Waals surface area contributed by atoms with Crippen LogP contribution >= 0.6 is 11.3 Å². The molecule has 0 radical (unpaired) electrons. The Morgan fingerprint density at radius 2 is 2.04 bits per heavy atom. The summed E-state index contributed by atoms with van der Waals surface area (Å²) in [6.45, 7) is 1.83. The summed E-state index contributed by atoms with van der Waals surface area (Å²) in [6.07, 6.45) is -0.922. The minimum atomic E-state index is -0.524. The van der Waals surface area contributed by atoms with Crippen LogP contribution in [-0.4, -0.2) is 23.4 Å². The fraction of sp³-hybridized carbons (Fsp3) is 0.188. The molecule has 24 heavy (non-hydrogen) atoms. The molecule has 0 unspecified atom stereocenters. The van der Waals surface area contributed by atoms with Crippen LogP contribution in [0.25, 0.3) is 10.8 Å². The molecule has 7 nitrogen and oxygen atoms in total. The molecule has 0 aliphatic rings. The first-order valence-corrected chi connectivity index (χ1v) is 8.02. The second kappa shape index (κ2) is 7.14.